The number of para-hydroxylation sites is 1. The van der Waals surface area contributed by atoms with Gasteiger partial charge in [-0.1, -0.05) is 30.4 Å². The largest absolute Gasteiger partial charge is 0.291 e. The maximum Gasteiger partial charge on any atom is 0.279 e. The van der Waals surface area contributed by atoms with Crippen molar-refractivity contribution in [3.05, 3.63) is 46.7 Å². The fourth-order valence-corrected chi connectivity index (χ4v) is 1.57. The van der Waals surface area contributed by atoms with Crippen molar-refractivity contribution >= 4 is 12.2 Å². The molecule has 0 saturated carbocycles. The summed E-state index contributed by atoms with van der Waals surface area (Å²) in [5.41, 5.74) is 0.582. The van der Waals surface area contributed by atoms with E-state index in [4.69, 9.17) is 12.2 Å². The molecular formula is C10H8F2N2S. The smallest absolute Gasteiger partial charge is 0.279 e. The Balaban J connectivity index is 2.50. The first kappa shape index (κ1) is 10.0. The van der Waals surface area contributed by atoms with E-state index < -0.39 is 6.43 Å². The molecule has 5 heteroatoms. The van der Waals surface area contributed by atoms with Crippen molar-refractivity contribution in [2.75, 3.05) is 0 Å². The van der Waals surface area contributed by atoms with Crippen LogP contribution in [-0.2, 0) is 0 Å². The highest BCUT2D eigenvalue weighted by atomic mass is 32.1. The lowest BCUT2D eigenvalue weighted by Crippen LogP contribution is -1.97. The Morgan fingerprint density at radius 2 is 1.87 bits per heavy atom. The molecule has 1 aromatic heterocycles. The highest BCUT2D eigenvalue weighted by molar-refractivity contribution is 7.71. The second-order valence-electron chi connectivity index (χ2n) is 3.02. The summed E-state index contributed by atoms with van der Waals surface area (Å²) in [6, 6.07) is 10.3. The number of hydrogen-bond donors (Lipinski definition) is 1. The summed E-state index contributed by atoms with van der Waals surface area (Å²) >= 11 is 4.97. The summed E-state index contributed by atoms with van der Waals surface area (Å²) < 4.78 is 26.6. The third kappa shape index (κ3) is 1.97. The zero-order valence-electron chi connectivity index (χ0n) is 7.65. The highest BCUT2D eigenvalue weighted by Gasteiger charge is 2.10. The van der Waals surface area contributed by atoms with Crippen LogP contribution in [0, 0.1) is 4.64 Å². The quantitative estimate of drug-likeness (QED) is 0.777. The number of hydrogen-bond acceptors (Lipinski definition) is 1. The van der Waals surface area contributed by atoms with Gasteiger partial charge in [0.25, 0.3) is 6.43 Å². The van der Waals surface area contributed by atoms with Crippen LogP contribution >= 0.6 is 12.2 Å². The van der Waals surface area contributed by atoms with E-state index in [0.717, 1.165) is 5.69 Å². The molecule has 0 fully saturated rings. The first-order valence-corrected chi connectivity index (χ1v) is 4.75. The number of halogens is 2. The van der Waals surface area contributed by atoms with Crippen LogP contribution in [-0.4, -0.2) is 9.78 Å². The number of nitrogens with zero attached hydrogens (tertiary/aromatic N) is 1. The molecule has 0 bridgehead atoms. The van der Waals surface area contributed by atoms with Crippen molar-refractivity contribution in [1.82, 2.24) is 9.78 Å². The first-order chi connectivity index (χ1) is 7.18. The first-order valence-electron chi connectivity index (χ1n) is 4.34. The standard InChI is InChI=1S/C10H8F2N2S/c11-10(12)8-6-9(15)14(13-8)7-4-2-1-3-5-7/h1-6,10,13H. The molecule has 78 valence electrons. The van der Waals surface area contributed by atoms with Crippen LogP contribution in [0.4, 0.5) is 8.78 Å². The molecule has 0 saturated heterocycles. The van der Waals surface area contributed by atoms with E-state index in [1.807, 2.05) is 18.2 Å². The van der Waals surface area contributed by atoms with Gasteiger partial charge < -0.3 is 0 Å². The Kier molecular flexibility index (Phi) is 2.64. The van der Waals surface area contributed by atoms with Gasteiger partial charge in [-0.15, -0.1) is 0 Å². The van der Waals surface area contributed by atoms with Crippen LogP contribution < -0.4 is 0 Å². The Bertz CT molecular complexity index is 502. The number of aromatic nitrogens is 2. The van der Waals surface area contributed by atoms with Gasteiger partial charge in [0.15, 0.2) is 0 Å². The molecule has 0 unspecified atom stereocenters. The van der Waals surface area contributed by atoms with Crippen molar-refractivity contribution in [2.24, 2.45) is 0 Å². The van der Waals surface area contributed by atoms with E-state index in [1.165, 1.54) is 10.7 Å². The Morgan fingerprint density at radius 3 is 2.40 bits per heavy atom. The minimum atomic E-state index is -2.53. The van der Waals surface area contributed by atoms with Gasteiger partial charge in [-0.2, -0.15) is 0 Å². The Morgan fingerprint density at radius 1 is 1.20 bits per heavy atom. The molecule has 15 heavy (non-hydrogen) atoms. The summed E-state index contributed by atoms with van der Waals surface area (Å²) in [6.45, 7) is 0. The molecule has 0 radical (unpaired) electrons. The van der Waals surface area contributed by atoms with Crippen LogP contribution in [0.15, 0.2) is 36.4 Å². The number of nitrogens with one attached hydrogen (secondary N) is 1. The number of alkyl halides is 2. The van der Waals surface area contributed by atoms with Gasteiger partial charge in [0.2, 0.25) is 0 Å². The predicted molar refractivity (Wildman–Crippen MR) is 55.9 cm³/mol. The van der Waals surface area contributed by atoms with Gasteiger partial charge in [0.05, 0.1) is 5.69 Å². The van der Waals surface area contributed by atoms with Crippen molar-refractivity contribution in [1.29, 1.82) is 0 Å². The molecule has 1 N–H and O–H groups in total. The van der Waals surface area contributed by atoms with Crippen LogP contribution in [0.3, 0.4) is 0 Å². The Hall–Kier alpha value is -1.49. The van der Waals surface area contributed by atoms with Gasteiger partial charge in [-0.05, 0) is 12.1 Å². The fraction of sp³-hybridized carbons (Fsp3) is 0.100. The maximum atomic E-state index is 12.4. The summed E-state index contributed by atoms with van der Waals surface area (Å²) in [5, 5.41) is 2.56. The van der Waals surface area contributed by atoms with Crippen LogP contribution in [0.5, 0.6) is 0 Å². The molecule has 0 amide bonds. The van der Waals surface area contributed by atoms with E-state index in [1.54, 1.807) is 12.1 Å². The van der Waals surface area contributed by atoms with E-state index in [0.29, 0.717) is 4.64 Å². The average molecular weight is 226 g/mol. The number of H-pyrrole nitrogens is 1. The Labute approximate surface area is 90.2 Å². The second kappa shape index (κ2) is 3.94. The molecule has 2 aromatic rings. The van der Waals surface area contributed by atoms with Gasteiger partial charge >= 0.3 is 0 Å². The molecule has 0 atom stereocenters. The van der Waals surface area contributed by atoms with Crippen LogP contribution in [0.25, 0.3) is 5.69 Å². The molecule has 2 rings (SSSR count). The summed E-state index contributed by atoms with van der Waals surface area (Å²) in [4.78, 5) is 0. The van der Waals surface area contributed by atoms with Gasteiger partial charge in [0, 0.05) is 6.07 Å². The molecule has 0 aliphatic carbocycles. The molecular weight excluding hydrogens is 218 g/mol. The lowest BCUT2D eigenvalue weighted by atomic mass is 10.3. The number of benzene rings is 1. The average Bonchev–Trinajstić information content (AvgIpc) is 2.62. The van der Waals surface area contributed by atoms with Gasteiger partial charge in [0.1, 0.15) is 10.3 Å². The van der Waals surface area contributed by atoms with Crippen molar-refractivity contribution in [2.45, 2.75) is 6.43 Å². The third-order valence-corrected chi connectivity index (χ3v) is 2.29. The van der Waals surface area contributed by atoms with Crippen molar-refractivity contribution < 1.29 is 8.78 Å². The van der Waals surface area contributed by atoms with Crippen LogP contribution in [0.2, 0.25) is 0 Å². The minimum absolute atomic E-state index is 0.163. The van der Waals surface area contributed by atoms with Gasteiger partial charge in [-0.25, -0.2) is 13.5 Å². The lowest BCUT2D eigenvalue weighted by Gasteiger charge is -2.01. The minimum Gasteiger partial charge on any atom is -0.291 e. The lowest BCUT2D eigenvalue weighted by molar-refractivity contribution is 0.145. The van der Waals surface area contributed by atoms with E-state index in [-0.39, 0.29) is 5.69 Å². The normalized spacial score (nSPS) is 10.9. The molecule has 0 spiro atoms. The maximum absolute atomic E-state index is 12.4. The number of aromatic amines is 1. The van der Waals surface area contributed by atoms with Crippen molar-refractivity contribution in [3.63, 3.8) is 0 Å². The predicted octanol–water partition coefficient (Wildman–Crippen LogP) is 3.47. The highest BCUT2D eigenvalue weighted by Crippen LogP contribution is 2.18. The molecule has 2 nitrogen and oxygen atoms in total. The second-order valence-corrected chi connectivity index (χ2v) is 3.44. The summed E-state index contributed by atoms with van der Waals surface area (Å²) in [7, 11) is 0. The molecule has 0 aliphatic rings. The molecule has 1 aromatic carbocycles. The SMILES string of the molecule is FC(F)c1cc(=S)n(-c2ccccc2)[nH]1. The van der Waals surface area contributed by atoms with Crippen LogP contribution in [0.1, 0.15) is 12.1 Å². The van der Waals surface area contributed by atoms with E-state index in [2.05, 4.69) is 5.10 Å². The zero-order chi connectivity index (χ0) is 10.8. The molecule has 1 heterocycles. The monoisotopic (exact) mass is 226 g/mol. The van der Waals surface area contributed by atoms with E-state index in [9.17, 15) is 8.78 Å². The summed E-state index contributed by atoms with van der Waals surface area (Å²) in [6.07, 6.45) is -2.53. The van der Waals surface area contributed by atoms with Gasteiger partial charge in [-0.3, -0.25) is 5.10 Å². The summed E-state index contributed by atoms with van der Waals surface area (Å²) in [5.74, 6) is 0. The fourth-order valence-electron chi connectivity index (χ4n) is 1.29. The number of rotatable bonds is 2. The van der Waals surface area contributed by atoms with Crippen molar-refractivity contribution in [3.8, 4) is 5.69 Å². The third-order valence-electron chi connectivity index (χ3n) is 1.99. The van der Waals surface area contributed by atoms with E-state index >= 15 is 0 Å². The topological polar surface area (TPSA) is 20.7 Å². The zero-order valence-corrected chi connectivity index (χ0v) is 8.47. The molecule has 0 aliphatic heterocycles.